The first-order chi connectivity index (χ1) is 17.9. The van der Waals surface area contributed by atoms with Gasteiger partial charge < -0.3 is 15.0 Å². The monoisotopic (exact) mass is 519 g/mol. The Morgan fingerprint density at radius 2 is 2.05 bits per heavy atom. The number of amidine groups is 1. The summed E-state index contributed by atoms with van der Waals surface area (Å²) in [6.45, 7) is 6.30. The number of carbonyl (C=O) groups is 1. The second-order valence-corrected chi connectivity index (χ2v) is 10.0. The molecule has 0 spiro atoms. The molecule has 8 heteroatoms. The van der Waals surface area contributed by atoms with Crippen LogP contribution in [0.2, 0.25) is 5.02 Å². The molecular formula is C29H34ClN5O2. The van der Waals surface area contributed by atoms with E-state index in [9.17, 15) is 4.79 Å². The van der Waals surface area contributed by atoms with E-state index < -0.39 is 0 Å². The molecule has 0 saturated heterocycles. The van der Waals surface area contributed by atoms with Gasteiger partial charge in [0.2, 0.25) is 5.91 Å². The first kappa shape index (κ1) is 26.6. The number of fused-ring (bicyclic) bond motifs is 1. The molecule has 37 heavy (non-hydrogen) atoms. The minimum absolute atomic E-state index is 0.0940. The molecule has 2 aromatic heterocycles. The zero-order valence-electron chi connectivity index (χ0n) is 21.8. The van der Waals surface area contributed by atoms with Gasteiger partial charge >= 0.3 is 0 Å². The van der Waals surface area contributed by atoms with Crippen LogP contribution in [0.15, 0.2) is 54.4 Å². The average molecular weight is 520 g/mol. The summed E-state index contributed by atoms with van der Waals surface area (Å²) in [6.07, 6.45) is 10.2. The maximum Gasteiger partial charge on any atom is 0.223 e. The van der Waals surface area contributed by atoms with Gasteiger partial charge in [0.15, 0.2) is 0 Å². The molecule has 1 fully saturated rings. The Balaban J connectivity index is 1.59. The van der Waals surface area contributed by atoms with Crippen LogP contribution in [-0.2, 0) is 17.9 Å². The topological polar surface area (TPSA) is 79.7 Å². The van der Waals surface area contributed by atoms with Gasteiger partial charge in [-0.2, -0.15) is 0 Å². The molecule has 0 bridgehead atoms. The summed E-state index contributed by atoms with van der Waals surface area (Å²) in [5, 5.41) is 4.51. The highest BCUT2D eigenvalue weighted by atomic mass is 35.5. The van der Waals surface area contributed by atoms with Crippen LogP contribution >= 0.6 is 11.6 Å². The van der Waals surface area contributed by atoms with Crippen molar-refractivity contribution in [1.82, 2.24) is 20.2 Å². The van der Waals surface area contributed by atoms with E-state index in [4.69, 9.17) is 21.3 Å². The number of rotatable bonds is 8. The maximum absolute atomic E-state index is 12.7. The molecule has 4 rings (SSSR count). The van der Waals surface area contributed by atoms with E-state index >= 15 is 0 Å². The number of aryl methyl sites for hydroxylation is 1. The third-order valence-corrected chi connectivity index (χ3v) is 7.03. The van der Waals surface area contributed by atoms with Gasteiger partial charge in [-0.05, 0) is 37.5 Å². The van der Waals surface area contributed by atoms with Crippen molar-refractivity contribution in [3.05, 3.63) is 76.8 Å². The SMILES string of the molecule is C=C/N=C(/c1cc(C)nc2c(OCc3c(Cl)cncc3CNC(=O)C3CCCCC3)cccc12)N(C)C. The van der Waals surface area contributed by atoms with Gasteiger partial charge in [-0.1, -0.05) is 49.6 Å². The van der Waals surface area contributed by atoms with Crippen molar-refractivity contribution < 1.29 is 9.53 Å². The zero-order valence-corrected chi connectivity index (χ0v) is 22.5. The largest absolute Gasteiger partial charge is 0.487 e. The van der Waals surface area contributed by atoms with Gasteiger partial charge in [-0.3, -0.25) is 9.78 Å². The number of para-hydroxylation sites is 1. The molecule has 0 unspecified atom stereocenters. The van der Waals surface area contributed by atoms with Crippen molar-refractivity contribution in [3.8, 4) is 5.75 Å². The highest BCUT2D eigenvalue weighted by Crippen LogP contribution is 2.30. The van der Waals surface area contributed by atoms with Crippen LogP contribution < -0.4 is 10.1 Å². The summed E-state index contributed by atoms with van der Waals surface area (Å²) >= 11 is 6.54. The second-order valence-electron chi connectivity index (χ2n) is 9.59. The van der Waals surface area contributed by atoms with Crippen LogP contribution in [-0.4, -0.2) is 40.7 Å². The fourth-order valence-corrected chi connectivity index (χ4v) is 5.05. The highest BCUT2D eigenvalue weighted by molar-refractivity contribution is 6.31. The Hall–Kier alpha value is -3.45. The van der Waals surface area contributed by atoms with Crippen molar-refractivity contribution >= 4 is 34.2 Å². The molecule has 1 saturated carbocycles. The number of carbonyl (C=O) groups excluding carboxylic acids is 1. The van der Waals surface area contributed by atoms with Gasteiger partial charge in [0.1, 0.15) is 23.7 Å². The standard InChI is InChI=1S/C29H34ClN5O2/c1-5-32-28(35(3)4)23-14-19(2)34-27-22(23)12-9-13-26(27)37-18-24-21(15-31-17-25(24)30)16-33-29(36)20-10-7-6-8-11-20/h5,9,12-15,17,20H,1,6-8,10-11,16,18H2,2-4H3,(H,33,36)/b32-28-. The minimum Gasteiger partial charge on any atom is -0.487 e. The Morgan fingerprint density at radius 3 is 2.78 bits per heavy atom. The molecule has 7 nitrogen and oxygen atoms in total. The van der Waals surface area contributed by atoms with Crippen LogP contribution in [0.1, 0.15) is 54.5 Å². The summed E-state index contributed by atoms with van der Waals surface area (Å²) in [5.74, 6) is 1.63. The van der Waals surface area contributed by atoms with Crippen molar-refractivity contribution in [1.29, 1.82) is 0 Å². The van der Waals surface area contributed by atoms with Crippen LogP contribution in [0.3, 0.4) is 0 Å². The average Bonchev–Trinajstić information content (AvgIpc) is 2.89. The summed E-state index contributed by atoms with van der Waals surface area (Å²) < 4.78 is 6.30. The third kappa shape index (κ3) is 6.28. The predicted molar refractivity (Wildman–Crippen MR) is 149 cm³/mol. The van der Waals surface area contributed by atoms with Crippen molar-refractivity contribution in [2.75, 3.05) is 14.1 Å². The lowest BCUT2D eigenvalue weighted by atomic mass is 9.88. The number of amides is 1. The van der Waals surface area contributed by atoms with Gasteiger partial charge in [-0.25, -0.2) is 9.98 Å². The van der Waals surface area contributed by atoms with Gasteiger partial charge in [0, 0.05) is 67.4 Å². The normalized spacial score (nSPS) is 14.4. The van der Waals surface area contributed by atoms with Crippen molar-refractivity contribution in [2.24, 2.45) is 10.9 Å². The molecule has 2 heterocycles. The lowest BCUT2D eigenvalue weighted by molar-refractivity contribution is -0.126. The molecule has 0 atom stereocenters. The summed E-state index contributed by atoms with van der Waals surface area (Å²) in [5.41, 5.74) is 4.19. The molecule has 1 aliphatic rings. The molecule has 1 aromatic carbocycles. The molecule has 194 valence electrons. The van der Waals surface area contributed by atoms with Crippen molar-refractivity contribution in [3.63, 3.8) is 0 Å². The van der Waals surface area contributed by atoms with E-state index in [1.165, 1.54) is 12.6 Å². The van der Waals surface area contributed by atoms with E-state index in [1.54, 1.807) is 12.4 Å². The van der Waals surface area contributed by atoms with Gasteiger partial charge in [-0.15, -0.1) is 0 Å². The number of nitrogens with zero attached hydrogens (tertiary/aromatic N) is 4. The van der Waals surface area contributed by atoms with Crippen LogP contribution in [0, 0.1) is 12.8 Å². The molecule has 0 radical (unpaired) electrons. The second kappa shape index (κ2) is 12.2. The maximum atomic E-state index is 12.7. The first-order valence-electron chi connectivity index (χ1n) is 12.7. The van der Waals surface area contributed by atoms with Gasteiger partial charge in [0.05, 0.1) is 5.02 Å². The number of pyridine rings is 2. The van der Waals surface area contributed by atoms with Crippen LogP contribution in [0.4, 0.5) is 0 Å². The molecule has 1 N–H and O–H groups in total. The lowest BCUT2D eigenvalue weighted by Gasteiger charge is -2.21. The Morgan fingerprint density at radius 1 is 1.27 bits per heavy atom. The number of hydrogen-bond acceptors (Lipinski definition) is 5. The first-order valence-corrected chi connectivity index (χ1v) is 13.1. The lowest BCUT2D eigenvalue weighted by Crippen LogP contribution is -2.31. The minimum atomic E-state index is 0.0940. The fraction of sp³-hybridized carbons (Fsp3) is 0.379. The van der Waals surface area contributed by atoms with Gasteiger partial charge in [0.25, 0.3) is 0 Å². The Bertz CT molecular complexity index is 1320. The number of ether oxygens (including phenoxy) is 1. The van der Waals surface area contributed by atoms with Crippen LogP contribution in [0.5, 0.6) is 5.75 Å². The summed E-state index contributed by atoms with van der Waals surface area (Å²) in [6, 6.07) is 7.87. The van der Waals surface area contributed by atoms with E-state index in [0.717, 1.165) is 64.8 Å². The number of aliphatic imine (C=N–C) groups is 1. The highest BCUT2D eigenvalue weighted by Gasteiger charge is 2.21. The fourth-order valence-electron chi connectivity index (χ4n) is 4.82. The molecular weight excluding hydrogens is 486 g/mol. The van der Waals surface area contributed by atoms with E-state index in [-0.39, 0.29) is 18.4 Å². The third-order valence-electron chi connectivity index (χ3n) is 6.70. The Kier molecular flexibility index (Phi) is 8.77. The quantitative estimate of drug-likeness (QED) is 0.299. The zero-order chi connectivity index (χ0) is 26.4. The molecule has 1 aliphatic carbocycles. The molecule has 3 aromatic rings. The number of aromatic nitrogens is 2. The van der Waals surface area contributed by atoms with Crippen molar-refractivity contribution in [2.45, 2.75) is 52.2 Å². The van der Waals surface area contributed by atoms with E-state index in [0.29, 0.717) is 17.3 Å². The number of halogens is 1. The number of nitrogens with one attached hydrogen (secondary N) is 1. The van der Waals surface area contributed by atoms with E-state index in [1.807, 2.05) is 50.2 Å². The van der Waals surface area contributed by atoms with E-state index in [2.05, 4.69) is 21.9 Å². The predicted octanol–water partition coefficient (Wildman–Crippen LogP) is 5.82. The smallest absolute Gasteiger partial charge is 0.223 e. The molecule has 1 amide bonds. The number of hydrogen-bond donors (Lipinski definition) is 1. The van der Waals surface area contributed by atoms with Crippen LogP contribution in [0.25, 0.3) is 10.9 Å². The number of benzene rings is 1. The summed E-state index contributed by atoms with van der Waals surface area (Å²) in [4.78, 5) is 28.1. The Labute approximate surface area is 223 Å². The molecule has 0 aliphatic heterocycles. The summed E-state index contributed by atoms with van der Waals surface area (Å²) in [7, 11) is 3.90.